The van der Waals surface area contributed by atoms with Gasteiger partial charge in [-0.1, -0.05) is 0 Å². The van der Waals surface area contributed by atoms with Crippen molar-refractivity contribution in [3.8, 4) is 0 Å². The first-order chi connectivity index (χ1) is 19.3. The van der Waals surface area contributed by atoms with Crippen molar-refractivity contribution in [2.75, 3.05) is 0 Å². The molecule has 226 valence electrons. The van der Waals surface area contributed by atoms with Gasteiger partial charge in [0, 0.05) is 41.8 Å². The van der Waals surface area contributed by atoms with Crippen molar-refractivity contribution in [3.05, 3.63) is 92.3 Å². The summed E-state index contributed by atoms with van der Waals surface area (Å²) in [6.07, 6.45) is 0. The molecule has 5 aromatic rings. The Labute approximate surface area is 260 Å². The number of aliphatic carboxylic acids is 1. The predicted octanol–water partition coefficient (Wildman–Crippen LogP) is 2.84. The average molecular weight is 664 g/mol. The van der Waals surface area contributed by atoms with E-state index >= 15 is 0 Å². The molecule has 5 rings (SSSR count). The Morgan fingerprint density at radius 3 is 1.05 bits per heavy atom. The van der Waals surface area contributed by atoms with Crippen LogP contribution in [0.15, 0.2) is 24.3 Å². The number of hydrogen-bond donors (Lipinski definition) is 0. The second kappa shape index (κ2) is 13.5. The Morgan fingerprint density at radius 2 is 0.833 bits per heavy atom. The van der Waals surface area contributed by atoms with Crippen LogP contribution < -0.4 is 10.1 Å². The molecule has 12 heteroatoms. The van der Waals surface area contributed by atoms with E-state index in [2.05, 4.69) is 61.3 Å². The molecule has 0 saturated carbocycles. The number of aromatic nitrogens is 9. The predicted molar refractivity (Wildman–Crippen MR) is 154 cm³/mol. The maximum atomic E-state index is 8.89. The van der Waals surface area contributed by atoms with Gasteiger partial charge in [-0.15, -0.1) is 11.4 Å². The van der Waals surface area contributed by atoms with Crippen LogP contribution >= 0.6 is 0 Å². The Hall–Kier alpha value is -3.75. The third-order valence-corrected chi connectivity index (χ3v) is 6.96. The standard InChI is InChI=1S/C28H36N9.C2H4O2.Pd/c1-17-9-21(5)34(30-17)13-25-26(14-35-22(6)10-18(2)31-35)28(16-37-24(8)12-20(4)33-37)29-27(25)15-36-23(7)11-19(3)32-36;1-2(3)4;/h9-12H,13-16H2,1-8H3;1H3,(H,3,4);/q-1;;+2/p-1. The average Bonchev–Trinajstić information content (AvgIpc) is 3.61. The number of aryl methyl sites for hydroxylation is 8. The quantitative estimate of drug-likeness (QED) is 0.234. The van der Waals surface area contributed by atoms with Gasteiger partial charge in [-0.2, -0.15) is 20.4 Å². The van der Waals surface area contributed by atoms with Crippen molar-refractivity contribution in [1.82, 2.24) is 44.1 Å². The van der Waals surface area contributed by atoms with Crippen molar-refractivity contribution in [2.24, 2.45) is 0 Å². The van der Waals surface area contributed by atoms with Gasteiger partial charge in [-0.3, -0.25) is 18.7 Å². The summed E-state index contributed by atoms with van der Waals surface area (Å²) in [7, 11) is 0. The maximum absolute atomic E-state index is 8.89. The fraction of sp³-hybridized carbons (Fsp3) is 0.433. The molecule has 0 radical (unpaired) electrons. The van der Waals surface area contributed by atoms with E-state index in [0.29, 0.717) is 26.2 Å². The third kappa shape index (κ3) is 7.75. The van der Waals surface area contributed by atoms with Crippen LogP contribution in [-0.4, -0.2) is 45.1 Å². The minimum Gasteiger partial charge on any atom is -0.661 e. The zero-order chi connectivity index (χ0) is 30.0. The van der Waals surface area contributed by atoms with Crippen molar-refractivity contribution in [2.45, 2.75) is 88.5 Å². The zero-order valence-electron chi connectivity index (χ0n) is 25.8. The van der Waals surface area contributed by atoms with Gasteiger partial charge in [0.25, 0.3) is 0 Å². The molecule has 0 aliphatic heterocycles. The molecule has 0 aliphatic carbocycles. The third-order valence-electron chi connectivity index (χ3n) is 6.96. The van der Waals surface area contributed by atoms with Gasteiger partial charge in [0.2, 0.25) is 0 Å². The van der Waals surface area contributed by atoms with E-state index in [0.717, 1.165) is 63.9 Å². The van der Waals surface area contributed by atoms with E-state index < -0.39 is 5.97 Å². The molecule has 0 bridgehead atoms. The number of rotatable bonds is 8. The molecule has 0 spiro atoms. The minimum atomic E-state index is -1.08. The smallest absolute Gasteiger partial charge is 0.661 e. The SMILES string of the molecule is CC(=O)[O-].Cc1cc(C)n(Cc2[n-]c(Cn3nc(C)cc3C)c(Cn3nc(C)cc3C)c2Cn2nc(C)cc2C)n1.[Pd+2]. The number of nitrogens with zero attached hydrogens (tertiary/aromatic N) is 9. The molecular weight excluding hydrogens is 625 g/mol. The molecule has 0 amide bonds. The van der Waals surface area contributed by atoms with Crippen molar-refractivity contribution < 1.29 is 30.3 Å². The number of carboxylic acids is 1. The molecule has 0 aromatic carbocycles. The van der Waals surface area contributed by atoms with Gasteiger partial charge in [0.15, 0.2) is 0 Å². The normalized spacial score (nSPS) is 10.9. The molecule has 11 nitrogen and oxygen atoms in total. The number of hydrogen-bond acceptors (Lipinski definition) is 6. The van der Waals surface area contributed by atoms with Crippen LogP contribution in [0.5, 0.6) is 0 Å². The van der Waals surface area contributed by atoms with E-state index in [9.17, 15) is 0 Å². The second-order valence-corrected chi connectivity index (χ2v) is 10.8. The van der Waals surface area contributed by atoms with E-state index in [1.54, 1.807) is 0 Å². The number of carboxylic acid groups (broad SMARTS) is 1. The molecule has 42 heavy (non-hydrogen) atoms. The van der Waals surface area contributed by atoms with Crippen LogP contribution in [-0.2, 0) is 51.4 Å². The van der Waals surface area contributed by atoms with Crippen LogP contribution in [0.25, 0.3) is 0 Å². The fourth-order valence-corrected chi connectivity index (χ4v) is 5.20. The van der Waals surface area contributed by atoms with Crippen molar-refractivity contribution in [3.63, 3.8) is 0 Å². The Morgan fingerprint density at radius 1 is 0.595 bits per heavy atom. The minimum absolute atomic E-state index is 0. The van der Waals surface area contributed by atoms with E-state index in [4.69, 9.17) is 35.3 Å². The molecule has 0 aliphatic rings. The first kappa shape index (κ1) is 32.8. The van der Waals surface area contributed by atoms with Gasteiger partial charge in [0.1, 0.15) is 0 Å². The molecule has 0 fully saturated rings. The van der Waals surface area contributed by atoms with E-state index in [1.165, 1.54) is 11.1 Å². The fourth-order valence-electron chi connectivity index (χ4n) is 5.20. The Kier molecular flexibility index (Phi) is 10.5. The van der Waals surface area contributed by atoms with Crippen molar-refractivity contribution >= 4 is 5.97 Å². The van der Waals surface area contributed by atoms with E-state index in [-0.39, 0.29) is 20.4 Å². The van der Waals surface area contributed by atoms with Crippen LogP contribution in [0.2, 0.25) is 0 Å². The largest absolute Gasteiger partial charge is 2.00 e. The maximum Gasteiger partial charge on any atom is 2.00 e. The number of carbonyl (C=O) groups is 1. The monoisotopic (exact) mass is 663 g/mol. The molecule has 0 saturated heterocycles. The Balaban J connectivity index is 0.000000911. The van der Waals surface area contributed by atoms with Gasteiger partial charge in [0.05, 0.1) is 35.9 Å². The molecule has 5 heterocycles. The Bertz CT molecular complexity index is 1560. The first-order valence-electron chi connectivity index (χ1n) is 13.7. The van der Waals surface area contributed by atoms with Crippen LogP contribution in [0.4, 0.5) is 0 Å². The van der Waals surface area contributed by atoms with E-state index in [1.807, 2.05) is 37.1 Å². The summed E-state index contributed by atoms with van der Waals surface area (Å²) in [5, 5.41) is 27.9. The topological polar surface area (TPSA) is 126 Å². The summed E-state index contributed by atoms with van der Waals surface area (Å²) < 4.78 is 8.24. The molecular formula is C30H39N9O2Pd. The van der Waals surface area contributed by atoms with Crippen LogP contribution in [0, 0.1) is 55.4 Å². The molecule has 0 atom stereocenters. The number of carbonyl (C=O) groups excluding carboxylic acids is 1. The second-order valence-electron chi connectivity index (χ2n) is 10.8. The summed E-state index contributed by atoms with van der Waals surface area (Å²) in [5.74, 6) is -1.08. The van der Waals surface area contributed by atoms with Gasteiger partial charge >= 0.3 is 20.4 Å². The molecule has 0 unspecified atom stereocenters. The van der Waals surface area contributed by atoms with Crippen molar-refractivity contribution in [1.29, 1.82) is 0 Å². The van der Waals surface area contributed by atoms with Gasteiger partial charge in [-0.25, -0.2) is 0 Å². The molecule has 5 aromatic heterocycles. The first-order valence-corrected chi connectivity index (χ1v) is 13.7. The zero-order valence-corrected chi connectivity index (χ0v) is 27.4. The van der Waals surface area contributed by atoms with Gasteiger partial charge < -0.3 is 14.9 Å². The summed E-state index contributed by atoms with van der Waals surface area (Å²) >= 11 is 0. The summed E-state index contributed by atoms with van der Waals surface area (Å²) in [6.45, 7) is 20.0. The van der Waals surface area contributed by atoms with Gasteiger partial charge in [-0.05, 0) is 97.7 Å². The summed E-state index contributed by atoms with van der Waals surface area (Å²) in [5.41, 5.74) is 13.0. The van der Waals surface area contributed by atoms with Crippen LogP contribution in [0.1, 0.15) is 75.0 Å². The molecule has 0 N–H and O–H groups in total. The summed E-state index contributed by atoms with van der Waals surface area (Å²) in [6, 6.07) is 8.46. The summed E-state index contributed by atoms with van der Waals surface area (Å²) in [4.78, 5) is 14.2. The van der Waals surface area contributed by atoms with Crippen LogP contribution in [0.3, 0.4) is 0 Å².